The first-order chi connectivity index (χ1) is 4.45. The Morgan fingerprint density at radius 1 is 0.714 bits per heavy atom. The van der Waals surface area contributed by atoms with E-state index in [1.807, 2.05) is 0 Å². The van der Waals surface area contributed by atoms with E-state index in [0.29, 0.717) is 0 Å². The third-order valence-electron chi connectivity index (χ3n) is 0. The molecule has 0 aromatic heterocycles. The summed E-state index contributed by atoms with van der Waals surface area (Å²) in [5.74, 6) is 0. The van der Waals surface area contributed by atoms with Gasteiger partial charge in [-0.1, -0.05) is 0 Å². The maximum atomic E-state index is 9.87. The third-order valence-corrected chi connectivity index (χ3v) is 0. The second kappa shape index (κ2) is 5.06. The Morgan fingerprint density at radius 3 is 0.714 bits per heavy atom. The molecule has 0 saturated heterocycles. The fourth-order valence-corrected chi connectivity index (χ4v) is 0. The van der Waals surface area contributed by atoms with Gasteiger partial charge in [-0.3, -0.25) is 0 Å². The van der Waals surface area contributed by atoms with Crippen molar-refractivity contribution in [2.24, 2.45) is 0 Å². The molecule has 0 rings (SSSR count). The summed E-state index contributed by atoms with van der Waals surface area (Å²) >= 11 is 0. The van der Waals surface area contributed by atoms with Crippen molar-refractivity contribution in [1.82, 2.24) is 0 Å². The molecule has 0 aliphatic heterocycles. The molecule has 14 heavy (non-hydrogen) atoms. The van der Waals surface area contributed by atoms with Crippen LogP contribution in [0, 0.1) is 0 Å². The zero-order valence-corrected chi connectivity index (χ0v) is 12.2. The molecule has 0 atom stereocenters. The SMILES string of the molecule is C[N+](C)(C)C.F[P-](F)(F)(F)(F)F.[Cl-].[Na+]. The molecule has 0 saturated carbocycles. The van der Waals surface area contributed by atoms with Gasteiger partial charge >= 0.3 is 62.5 Å². The predicted octanol–water partition coefficient (Wildman–Crippen LogP) is -2.29. The molecule has 0 aliphatic carbocycles. The van der Waals surface area contributed by atoms with E-state index in [4.69, 9.17) is 0 Å². The fourth-order valence-electron chi connectivity index (χ4n) is 0. The summed E-state index contributed by atoms with van der Waals surface area (Å²) in [6.45, 7) is 0. The molecular weight excluding hydrogens is 265 g/mol. The van der Waals surface area contributed by atoms with Crippen LogP contribution >= 0.6 is 7.81 Å². The quantitative estimate of drug-likeness (QED) is 0.202. The first-order valence-corrected chi connectivity index (χ1v) is 4.83. The van der Waals surface area contributed by atoms with Crippen molar-refractivity contribution in [3.63, 3.8) is 0 Å². The Kier molecular flexibility index (Phi) is 8.85. The Labute approximate surface area is 107 Å². The Balaban J connectivity index is -0.0000000651. The molecule has 0 aromatic rings. The topological polar surface area (TPSA) is 0 Å². The monoisotopic (exact) mass is 277 g/mol. The summed E-state index contributed by atoms with van der Waals surface area (Å²) in [7, 11) is -2.16. The average molecular weight is 278 g/mol. The minimum absolute atomic E-state index is 0. The van der Waals surface area contributed by atoms with Crippen LogP contribution in [-0.2, 0) is 0 Å². The van der Waals surface area contributed by atoms with E-state index in [9.17, 15) is 25.2 Å². The maximum absolute atomic E-state index is 10.7. The fraction of sp³-hybridized carbons (Fsp3) is 1.00. The largest absolute Gasteiger partial charge is 1.00 e. The Morgan fingerprint density at radius 2 is 0.714 bits per heavy atom. The minimum Gasteiger partial charge on any atom is -1.00 e. The number of quaternary nitrogens is 1. The summed E-state index contributed by atoms with van der Waals surface area (Å²) in [6, 6.07) is 0. The predicted molar refractivity (Wildman–Crippen MR) is 37.5 cm³/mol. The van der Waals surface area contributed by atoms with Gasteiger partial charge in [0.25, 0.3) is 0 Å². The molecule has 0 bridgehead atoms. The maximum Gasteiger partial charge on any atom is 1.00 e. The molecule has 0 fully saturated rings. The second-order valence-corrected chi connectivity index (χ2v) is 5.56. The zero-order valence-electron chi connectivity index (χ0n) is 8.54. The molecule has 0 aliphatic rings. The van der Waals surface area contributed by atoms with Crippen LogP contribution in [0.1, 0.15) is 0 Å². The smallest absolute Gasteiger partial charge is 1.00 e. The number of nitrogens with zero attached hydrogens (tertiary/aromatic N) is 1. The second-order valence-electron chi connectivity index (χ2n) is 3.64. The van der Waals surface area contributed by atoms with Gasteiger partial charge in [-0.2, -0.15) is 0 Å². The van der Waals surface area contributed by atoms with Gasteiger partial charge in [0.05, 0.1) is 28.2 Å². The molecule has 0 heterocycles. The molecule has 0 amide bonds. The number of hydrogen-bond acceptors (Lipinski definition) is 0. The molecule has 0 aromatic carbocycles. The van der Waals surface area contributed by atoms with Crippen molar-refractivity contribution in [2.45, 2.75) is 0 Å². The van der Waals surface area contributed by atoms with Gasteiger partial charge in [-0.15, -0.1) is 0 Å². The van der Waals surface area contributed by atoms with Crippen LogP contribution in [0.3, 0.4) is 0 Å². The summed E-state index contributed by atoms with van der Waals surface area (Å²) in [5.41, 5.74) is 0. The first-order valence-electron chi connectivity index (χ1n) is 2.80. The molecule has 0 N–H and O–H groups in total. The van der Waals surface area contributed by atoms with E-state index in [2.05, 4.69) is 28.2 Å². The number of hydrogen-bond donors (Lipinski definition) is 0. The van der Waals surface area contributed by atoms with Crippen LogP contribution in [0.2, 0.25) is 0 Å². The van der Waals surface area contributed by atoms with Gasteiger partial charge < -0.3 is 16.9 Å². The van der Waals surface area contributed by atoms with Crippen LogP contribution in [0.5, 0.6) is 0 Å². The van der Waals surface area contributed by atoms with Crippen molar-refractivity contribution in [1.29, 1.82) is 0 Å². The van der Waals surface area contributed by atoms with Crippen molar-refractivity contribution in [2.75, 3.05) is 28.2 Å². The third kappa shape index (κ3) is 1260. The van der Waals surface area contributed by atoms with Gasteiger partial charge in [-0.05, 0) is 0 Å². The summed E-state index contributed by atoms with van der Waals surface area (Å²) < 4.78 is 60.2. The molecule has 0 radical (unpaired) electrons. The van der Waals surface area contributed by atoms with Crippen LogP contribution in [0.15, 0.2) is 0 Å². The first kappa shape index (κ1) is 24.5. The van der Waals surface area contributed by atoms with Gasteiger partial charge in [0.1, 0.15) is 0 Å². The van der Waals surface area contributed by atoms with Gasteiger partial charge in [0.2, 0.25) is 0 Å². The van der Waals surface area contributed by atoms with E-state index in [0.717, 1.165) is 4.48 Å². The molecule has 10 heteroatoms. The normalized spacial score (nSPS) is 15.9. The van der Waals surface area contributed by atoms with Crippen molar-refractivity contribution in [3.05, 3.63) is 0 Å². The van der Waals surface area contributed by atoms with E-state index in [1.165, 1.54) is 0 Å². The number of rotatable bonds is 0. The Bertz CT molecular complexity index is 140. The molecular formula is C4H12ClF6NNaP. The van der Waals surface area contributed by atoms with E-state index in [1.54, 1.807) is 0 Å². The molecule has 1 nitrogen and oxygen atoms in total. The standard InChI is InChI=1S/C4H12N.ClH.F6P.Na/c1-5(2,3)4;;1-7(2,3,4,5)6;/h1-4H3;1H;;/q+1;;-1;+1/p-1. The van der Waals surface area contributed by atoms with Crippen molar-refractivity contribution >= 4 is 7.81 Å². The van der Waals surface area contributed by atoms with E-state index < -0.39 is 7.81 Å². The van der Waals surface area contributed by atoms with Gasteiger partial charge in [0, 0.05) is 0 Å². The van der Waals surface area contributed by atoms with Gasteiger partial charge in [0.15, 0.2) is 0 Å². The minimum atomic E-state index is -10.7. The molecule has 0 unspecified atom stereocenters. The van der Waals surface area contributed by atoms with E-state index in [-0.39, 0.29) is 42.0 Å². The molecule has 0 spiro atoms. The van der Waals surface area contributed by atoms with Crippen molar-refractivity contribution < 1.29 is 71.6 Å². The summed E-state index contributed by atoms with van der Waals surface area (Å²) in [5, 5.41) is 0. The van der Waals surface area contributed by atoms with Crippen LogP contribution in [0.25, 0.3) is 0 Å². The van der Waals surface area contributed by atoms with Crippen LogP contribution in [0.4, 0.5) is 25.2 Å². The number of halogens is 7. The van der Waals surface area contributed by atoms with Crippen LogP contribution in [-0.4, -0.2) is 32.7 Å². The van der Waals surface area contributed by atoms with Crippen molar-refractivity contribution in [3.8, 4) is 0 Å². The Hall–Kier alpha value is 1.26. The van der Waals surface area contributed by atoms with Gasteiger partial charge in [-0.25, -0.2) is 0 Å². The molecule has 88 valence electrons. The van der Waals surface area contributed by atoms with Crippen LogP contribution < -0.4 is 42.0 Å². The summed E-state index contributed by atoms with van der Waals surface area (Å²) in [4.78, 5) is 0. The average Bonchev–Trinajstić information content (AvgIpc) is 1.04. The van der Waals surface area contributed by atoms with E-state index >= 15 is 0 Å². The summed E-state index contributed by atoms with van der Waals surface area (Å²) in [6.07, 6.45) is 0. The zero-order chi connectivity index (χ0) is 10.9.